The molecule has 23 heavy (non-hydrogen) atoms. The van der Waals surface area contributed by atoms with E-state index in [2.05, 4.69) is 5.32 Å². The lowest BCUT2D eigenvalue weighted by Crippen LogP contribution is -2.30. The van der Waals surface area contributed by atoms with Crippen molar-refractivity contribution in [1.82, 2.24) is 0 Å². The number of hydrogen-bond acceptors (Lipinski definition) is 3. The molecule has 1 atom stereocenters. The fraction of sp³-hybridized carbons (Fsp3) is 0.176. The third-order valence-corrected chi connectivity index (χ3v) is 3.92. The highest BCUT2D eigenvalue weighted by atomic mass is 35.5. The van der Waals surface area contributed by atoms with Crippen LogP contribution >= 0.6 is 23.2 Å². The average Bonchev–Trinajstić information content (AvgIpc) is 2.52. The number of ether oxygens (including phenoxy) is 1. The van der Waals surface area contributed by atoms with Gasteiger partial charge in [-0.3, -0.25) is 4.79 Å². The highest BCUT2D eigenvalue weighted by Gasteiger charge is 2.19. The van der Waals surface area contributed by atoms with Crippen molar-refractivity contribution < 1.29 is 14.3 Å². The maximum atomic E-state index is 12.1. The molecule has 2 rings (SSSR count). The molecule has 0 radical (unpaired) electrons. The summed E-state index contributed by atoms with van der Waals surface area (Å²) in [6.07, 6.45) is -0.948. The van der Waals surface area contributed by atoms with E-state index in [4.69, 9.17) is 27.9 Å². The minimum atomic E-state index is -0.948. The van der Waals surface area contributed by atoms with E-state index in [-0.39, 0.29) is 0 Å². The third-order valence-electron chi connectivity index (χ3n) is 3.26. The number of halogens is 2. The van der Waals surface area contributed by atoms with Gasteiger partial charge >= 0.3 is 5.97 Å². The summed E-state index contributed by atoms with van der Waals surface area (Å²) in [5.41, 5.74) is 1.66. The third kappa shape index (κ3) is 4.47. The number of benzene rings is 2. The minimum absolute atomic E-state index is 0.327. The molecule has 0 bridgehead atoms. The summed E-state index contributed by atoms with van der Waals surface area (Å²) in [5, 5.41) is 3.76. The first-order valence-corrected chi connectivity index (χ1v) is 7.66. The van der Waals surface area contributed by atoms with Crippen LogP contribution in [0, 0.1) is 6.92 Å². The summed E-state index contributed by atoms with van der Waals surface area (Å²) in [6, 6.07) is 11.4. The zero-order valence-electron chi connectivity index (χ0n) is 12.6. The predicted octanol–water partition coefficient (Wildman–Crippen LogP) is 4.49. The molecule has 0 fully saturated rings. The van der Waals surface area contributed by atoms with Crippen molar-refractivity contribution in [2.45, 2.75) is 20.0 Å². The molecular weight excluding hydrogens is 337 g/mol. The van der Waals surface area contributed by atoms with E-state index < -0.39 is 18.0 Å². The van der Waals surface area contributed by atoms with E-state index in [1.165, 1.54) is 19.1 Å². The molecule has 1 N–H and O–H groups in total. The predicted molar refractivity (Wildman–Crippen MR) is 91.1 cm³/mol. The average molecular weight is 352 g/mol. The second-order valence-electron chi connectivity index (χ2n) is 4.96. The van der Waals surface area contributed by atoms with Crippen LogP contribution in [0.5, 0.6) is 0 Å². The maximum absolute atomic E-state index is 12.1. The molecule has 0 saturated carbocycles. The molecule has 0 aliphatic rings. The van der Waals surface area contributed by atoms with Gasteiger partial charge in [-0.1, -0.05) is 29.3 Å². The van der Waals surface area contributed by atoms with Crippen LogP contribution in [0.15, 0.2) is 42.5 Å². The molecule has 6 heteroatoms. The number of carbonyl (C=O) groups excluding carboxylic acids is 2. The Bertz CT molecular complexity index is 729. The first-order valence-electron chi connectivity index (χ1n) is 6.91. The van der Waals surface area contributed by atoms with Crippen LogP contribution in [0.3, 0.4) is 0 Å². The Kier molecular flexibility index (Phi) is 5.64. The van der Waals surface area contributed by atoms with Crippen LogP contribution < -0.4 is 5.32 Å². The summed E-state index contributed by atoms with van der Waals surface area (Å²) in [7, 11) is 0. The van der Waals surface area contributed by atoms with Gasteiger partial charge in [0.15, 0.2) is 6.10 Å². The van der Waals surface area contributed by atoms with Crippen LogP contribution in [-0.2, 0) is 9.53 Å². The zero-order chi connectivity index (χ0) is 17.0. The molecule has 0 spiro atoms. The van der Waals surface area contributed by atoms with Crippen molar-refractivity contribution in [2.24, 2.45) is 0 Å². The van der Waals surface area contributed by atoms with Crippen molar-refractivity contribution in [3.63, 3.8) is 0 Å². The maximum Gasteiger partial charge on any atom is 0.338 e. The van der Waals surface area contributed by atoms with Crippen LogP contribution in [0.2, 0.25) is 10.0 Å². The summed E-state index contributed by atoms with van der Waals surface area (Å²) >= 11 is 11.8. The fourth-order valence-corrected chi connectivity index (χ4v) is 2.15. The Morgan fingerprint density at radius 1 is 1.09 bits per heavy atom. The summed E-state index contributed by atoms with van der Waals surface area (Å²) in [4.78, 5) is 24.1. The van der Waals surface area contributed by atoms with Crippen LogP contribution in [0.1, 0.15) is 22.8 Å². The van der Waals surface area contributed by atoms with E-state index in [0.717, 1.165) is 5.56 Å². The fourth-order valence-electron chi connectivity index (χ4n) is 1.85. The smallest absolute Gasteiger partial charge is 0.338 e. The van der Waals surface area contributed by atoms with Crippen molar-refractivity contribution >= 4 is 40.8 Å². The molecule has 1 amide bonds. The molecule has 0 aromatic heterocycles. The molecule has 0 saturated heterocycles. The first-order chi connectivity index (χ1) is 10.9. The van der Waals surface area contributed by atoms with Gasteiger partial charge in [0.1, 0.15) is 0 Å². The SMILES string of the molecule is Cc1c(Cl)cccc1NC(=O)[C@H](C)OC(=O)c1ccc(Cl)cc1. The molecule has 2 aromatic rings. The van der Waals surface area contributed by atoms with Gasteiger partial charge in [-0.2, -0.15) is 0 Å². The van der Waals surface area contributed by atoms with E-state index in [1.54, 1.807) is 37.3 Å². The van der Waals surface area contributed by atoms with E-state index in [0.29, 0.717) is 21.3 Å². The second kappa shape index (κ2) is 7.49. The van der Waals surface area contributed by atoms with Gasteiger partial charge in [-0.05, 0) is 55.8 Å². The lowest BCUT2D eigenvalue weighted by atomic mass is 10.2. The minimum Gasteiger partial charge on any atom is -0.449 e. The van der Waals surface area contributed by atoms with Gasteiger partial charge in [-0.25, -0.2) is 4.79 Å². The van der Waals surface area contributed by atoms with E-state index in [9.17, 15) is 9.59 Å². The number of carbonyl (C=O) groups is 2. The summed E-state index contributed by atoms with van der Waals surface area (Å²) < 4.78 is 5.15. The van der Waals surface area contributed by atoms with Crippen molar-refractivity contribution in [2.75, 3.05) is 5.32 Å². The number of esters is 1. The quantitative estimate of drug-likeness (QED) is 0.825. The number of hydrogen-bond donors (Lipinski definition) is 1. The van der Waals surface area contributed by atoms with Gasteiger partial charge in [0, 0.05) is 15.7 Å². The Morgan fingerprint density at radius 3 is 2.39 bits per heavy atom. The highest BCUT2D eigenvalue weighted by Crippen LogP contribution is 2.23. The number of rotatable bonds is 4. The lowest BCUT2D eigenvalue weighted by molar-refractivity contribution is -0.123. The Balaban J connectivity index is 2.01. The van der Waals surface area contributed by atoms with Gasteiger partial charge in [0.05, 0.1) is 5.56 Å². The zero-order valence-corrected chi connectivity index (χ0v) is 14.1. The highest BCUT2D eigenvalue weighted by molar-refractivity contribution is 6.31. The number of amides is 1. The Labute approximate surface area is 144 Å². The molecule has 2 aromatic carbocycles. The molecule has 0 heterocycles. The van der Waals surface area contributed by atoms with Crippen molar-refractivity contribution in [3.05, 3.63) is 63.6 Å². The van der Waals surface area contributed by atoms with E-state index >= 15 is 0 Å². The van der Waals surface area contributed by atoms with Gasteiger partial charge in [0.25, 0.3) is 5.91 Å². The van der Waals surface area contributed by atoms with Crippen LogP contribution in [0.25, 0.3) is 0 Å². The summed E-state index contributed by atoms with van der Waals surface area (Å²) in [6.45, 7) is 3.30. The van der Waals surface area contributed by atoms with Crippen molar-refractivity contribution in [1.29, 1.82) is 0 Å². The molecule has 4 nitrogen and oxygen atoms in total. The second-order valence-corrected chi connectivity index (χ2v) is 5.80. The van der Waals surface area contributed by atoms with E-state index in [1.807, 2.05) is 0 Å². The van der Waals surface area contributed by atoms with Crippen LogP contribution in [0.4, 0.5) is 5.69 Å². The van der Waals surface area contributed by atoms with Gasteiger partial charge in [0.2, 0.25) is 0 Å². The molecule has 0 unspecified atom stereocenters. The van der Waals surface area contributed by atoms with Gasteiger partial charge < -0.3 is 10.1 Å². The first kappa shape index (κ1) is 17.3. The molecular formula is C17H15Cl2NO3. The summed E-state index contributed by atoms with van der Waals surface area (Å²) in [5.74, 6) is -1.02. The molecule has 0 aliphatic heterocycles. The monoisotopic (exact) mass is 351 g/mol. The number of anilines is 1. The van der Waals surface area contributed by atoms with Crippen LogP contribution in [-0.4, -0.2) is 18.0 Å². The number of nitrogens with one attached hydrogen (secondary N) is 1. The largest absolute Gasteiger partial charge is 0.449 e. The Hall–Kier alpha value is -2.04. The topological polar surface area (TPSA) is 55.4 Å². The molecule has 0 aliphatic carbocycles. The standard InChI is InChI=1S/C17H15Cl2NO3/c1-10-14(19)4-3-5-15(10)20-16(21)11(2)23-17(22)12-6-8-13(18)9-7-12/h3-9,11H,1-2H3,(H,20,21)/t11-/m0/s1. The normalized spacial score (nSPS) is 11.7. The van der Waals surface area contributed by atoms with Crippen molar-refractivity contribution in [3.8, 4) is 0 Å². The lowest BCUT2D eigenvalue weighted by Gasteiger charge is -2.15. The molecule has 120 valence electrons. The Morgan fingerprint density at radius 2 is 1.74 bits per heavy atom. The van der Waals surface area contributed by atoms with Gasteiger partial charge in [-0.15, -0.1) is 0 Å².